The average Bonchev–Trinajstić information content (AvgIpc) is 2.48. The lowest BCUT2D eigenvalue weighted by molar-refractivity contribution is -0.120. The Hall–Kier alpha value is -1.77. The number of allylic oxidation sites excluding steroid dienone is 2. The summed E-state index contributed by atoms with van der Waals surface area (Å²) in [6.45, 7) is 0. The van der Waals surface area contributed by atoms with E-state index in [9.17, 15) is 4.79 Å². The van der Waals surface area contributed by atoms with E-state index in [1.807, 2.05) is 12.1 Å². The molecule has 0 fully saturated rings. The van der Waals surface area contributed by atoms with E-state index in [1.54, 1.807) is 7.11 Å². The number of carbonyl (C=O) groups excluding carboxylic acids is 1. The second kappa shape index (κ2) is 5.70. The summed E-state index contributed by atoms with van der Waals surface area (Å²) >= 11 is 0. The predicted molar refractivity (Wildman–Crippen MR) is 78.4 cm³/mol. The highest BCUT2D eigenvalue weighted by atomic mass is 16.5. The van der Waals surface area contributed by atoms with Crippen molar-refractivity contribution >= 4 is 5.91 Å². The molecule has 0 aromatic heterocycles. The zero-order chi connectivity index (χ0) is 13.9. The van der Waals surface area contributed by atoms with Gasteiger partial charge in [-0.1, -0.05) is 17.7 Å². The molecule has 1 aromatic carbocycles. The SMILES string of the molecule is COc1ccc(CC2CCC3=C(CCC(=O)N3)C2)cc1. The van der Waals surface area contributed by atoms with Gasteiger partial charge in [-0.2, -0.15) is 0 Å². The van der Waals surface area contributed by atoms with Crippen LogP contribution in [0.15, 0.2) is 35.5 Å². The molecule has 1 atom stereocenters. The van der Waals surface area contributed by atoms with Crippen molar-refractivity contribution in [3.63, 3.8) is 0 Å². The van der Waals surface area contributed by atoms with Crippen LogP contribution in [0.3, 0.4) is 0 Å². The van der Waals surface area contributed by atoms with Crippen LogP contribution in [-0.4, -0.2) is 13.0 Å². The first-order chi connectivity index (χ1) is 9.74. The summed E-state index contributed by atoms with van der Waals surface area (Å²) in [4.78, 5) is 11.4. The van der Waals surface area contributed by atoms with E-state index in [4.69, 9.17) is 4.74 Å². The van der Waals surface area contributed by atoms with Crippen LogP contribution in [0.2, 0.25) is 0 Å². The van der Waals surface area contributed by atoms with Crippen molar-refractivity contribution in [2.75, 3.05) is 7.11 Å². The van der Waals surface area contributed by atoms with Gasteiger partial charge in [0.15, 0.2) is 0 Å². The molecule has 1 amide bonds. The lowest BCUT2D eigenvalue weighted by Crippen LogP contribution is -2.31. The van der Waals surface area contributed by atoms with Gasteiger partial charge in [0.2, 0.25) is 5.91 Å². The smallest absolute Gasteiger partial charge is 0.224 e. The second-order valence-corrected chi connectivity index (χ2v) is 5.79. The highest BCUT2D eigenvalue weighted by Crippen LogP contribution is 2.34. The predicted octanol–water partition coefficient (Wildman–Crippen LogP) is 3.20. The molecule has 1 aliphatic carbocycles. The third-order valence-corrected chi connectivity index (χ3v) is 4.39. The topological polar surface area (TPSA) is 38.3 Å². The minimum atomic E-state index is 0.192. The monoisotopic (exact) mass is 271 g/mol. The minimum Gasteiger partial charge on any atom is -0.497 e. The van der Waals surface area contributed by atoms with Crippen LogP contribution < -0.4 is 10.1 Å². The molecule has 0 saturated heterocycles. The summed E-state index contributed by atoms with van der Waals surface area (Å²) in [5.74, 6) is 1.81. The van der Waals surface area contributed by atoms with Gasteiger partial charge in [0, 0.05) is 12.1 Å². The number of carbonyl (C=O) groups is 1. The van der Waals surface area contributed by atoms with Crippen LogP contribution in [0.1, 0.15) is 37.7 Å². The Morgan fingerprint density at radius 1 is 1.20 bits per heavy atom. The van der Waals surface area contributed by atoms with E-state index in [2.05, 4.69) is 17.4 Å². The second-order valence-electron chi connectivity index (χ2n) is 5.79. The molecular weight excluding hydrogens is 250 g/mol. The Morgan fingerprint density at radius 2 is 2.00 bits per heavy atom. The summed E-state index contributed by atoms with van der Waals surface area (Å²) in [7, 11) is 1.70. The van der Waals surface area contributed by atoms with Gasteiger partial charge in [0.05, 0.1) is 7.11 Å². The van der Waals surface area contributed by atoms with Gasteiger partial charge >= 0.3 is 0 Å². The summed E-state index contributed by atoms with van der Waals surface area (Å²) in [5, 5.41) is 3.04. The number of amides is 1. The molecule has 106 valence electrons. The molecule has 1 unspecified atom stereocenters. The van der Waals surface area contributed by atoms with Gasteiger partial charge in [0.25, 0.3) is 0 Å². The summed E-state index contributed by atoms with van der Waals surface area (Å²) in [6.07, 6.45) is 6.08. The van der Waals surface area contributed by atoms with Crippen molar-refractivity contribution in [3.05, 3.63) is 41.1 Å². The number of hydrogen-bond donors (Lipinski definition) is 1. The van der Waals surface area contributed by atoms with Crippen LogP contribution in [0.4, 0.5) is 0 Å². The average molecular weight is 271 g/mol. The zero-order valence-corrected chi connectivity index (χ0v) is 11.9. The molecule has 20 heavy (non-hydrogen) atoms. The lowest BCUT2D eigenvalue weighted by atomic mass is 9.80. The Balaban J connectivity index is 1.63. The molecule has 1 aromatic rings. The van der Waals surface area contributed by atoms with Gasteiger partial charge in [-0.05, 0) is 55.7 Å². The van der Waals surface area contributed by atoms with Crippen molar-refractivity contribution < 1.29 is 9.53 Å². The first-order valence-electron chi connectivity index (χ1n) is 7.38. The molecule has 0 spiro atoms. The molecular formula is C17H21NO2. The molecule has 0 radical (unpaired) electrons. The van der Waals surface area contributed by atoms with Gasteiger partial charge in [-0.3, -0.25) is 4.79 Å². The van der Waals surface area contributed by atoms with E-state index >= 15 is 0 Å². The largest absolute Gasteiger partial charge is 0.497 e. The quantitative estimate of drug-likeness (QED) is 0.916. The summed E-state index contributed by atoms with van der Waals surface area (Å²) in [5.41, 5.74) is 4.07. The lowest BCUT2D eigenvalue weighted by Gasteiger charge is -2.30. The molecule has 3 nitrogen and oxygen atoms in total. The number of methoxy groups -OCH3 is 1. The first kappa shape index (κ1) is 13.2. The maximum Gasteiger partial charge on any atom is 0.224 e. The van der Waals surface area contributed by atoms with Crippen LogP contribution in [0.5, 0.6) is 5.75 Å². The Bertz CT molecular complexity index is 530. The van der Waals surface area contributed by atoms with E-state index in [1.165, 1.54) is 23.3 Å². The minimum absolute atomic E-state index is 0.192. The van der Waals surface area contributed by atoms with E-state index in [0.717, 1.165) is 31.4 Å². The highest BCUT2D eigenvalue weighted by Gasteiger charge is 2.25. The fourth-order valence-electron chi connectivity index (χ4n) is 3.27. The molecule has 1 aliphatic heterocycles. The number of benzene rings is 1. The number of nitrogens with one attached hydrogen (secondary N) is 1. The highest BCUT2D eigenvalue weighted by molar-refractivity contribution is 5.79. The third-order valence-electron chi connectivity index (χ3n) is 4.39. The van der Waals surface area contributed by atoms with Crippen LogP contribution >= 0.6 is 0 Å². The number of hydrogen-bond acceptors (Lipinski definition) is 2. The summed E-state index contributed by atoms with van der Waals surface area (Å²) < 4.78 is 5.19. The van der Waals surface area contributed by atoms with Gasteiger partial charge < -0.3 is 10.1 Å². The Morgan fingerprint density at radius 3 is 2.75 bits per heavy atom. The molecule has 0 saturated carbocycles. The summed E-state index contributed by atoms with van der Waals surface area (Å²) in [6, 6.07) is 8.38. The number of ether oxygens (including phenoxy) is 1. The van der Waals surface area contributed by atoms with Crippen LogP contribution in [0.25, 0.3) is 0 Å². The standard InChI is InChI=1S/C17H21NO2/c1-20-15-6-2-12(3-7-15)10-13-4-8-16-14(11-13)5-9-17(19)18-16/h2-3,6-7,13H,4-5,8-11H2,1H3,(H,18,19). The van der Waals surface area contributed by atoms with Crippen molar-refractivity contribution in [1.82, 2.24) is 5.32 Å². The van der Waals surface area contributed by atoms with Crippen molar-refractivity contribution in [3.8, 4) is 5.75 Å². The molecule has 0 bridgehead atoms. The Labute approximate surface area is 120 Å². The molecule has 3 heteroatoms. The van der Waals surface area contributed by atoms with E-state index in [-0.39, 0.29) is 5.91 Å². The van der Waals surface area contributed by atoms with Crippen molar-refractivity contribution in [2.24, 2.45) is 5.92 Å². The fourth-order valence-corrected chi connectivity index (χ4v) is 3.27. The Kier molecular flexibility index (Phi) is 3.77. The number of rotatable bonds is 3. The van der Waals surface area contributed by atoms with Crippen molar-refractivity contribution in [2.45, 2.75) is 38.5 Å². The van der Waals surface area contributed by atoms with Crippen LogP contribution in [-0.2, 0) is 11.2 Å². The molecule has 1 heterocycles. The normalized spacial score (nSPS) is 22.2. The maximum absolute atomic E-state index is 11.4. The molecule has 1 N–H and O–H groups in total. The van der Waals surface area contributed by atoms with Crippen LogP contribution in [0, 0.1) is 5.92 Å². The zero-order valence-electron chi connectivity index (χ0n) is 11.9. The van der Waals surface area contributed by atoms with Gasteiger partial charge in [-0.15, -0.1) is 0 Å². The fraction of sp³-hybridized carbons (Fsp3) is 0.471. The van der Waals surface area contributed by atoms with E-state index < -0.39 is 0 Å². The third kappa shape index (κ3) is 2.87. The maximum atomic E-state index is 11.4. The molecule has 3 rings (SSSR count). The molecule has 2 aliphatic rings. The van der Waals surface area contributed by atoms with E-state index in [0.29, 0.717) is 12.3 Å². The van der Waals surface area contributed by atoms with Gasteiger partial charge in [0.1, 0.15) is 5.75 Å². The van der Waals surface area contributed by atoms with Crippen molar-refractivity contribution in [1.29, 1.82) is 0 Å². The van der Waals surface area contributed by atoms with Gasteiger partial charge in [-0.25, -0.2) is 0 Å². The first-order valence-corrected chi connectivity index (χ1v) is 7.38.